The van der Waals surface area contributed by atoms with Crippen LogP contribution in [-0.4, -0.2) is 87.2 Å². The second-order valence-electron chi connectivity index (χ2n) is 8.68. The van der Waals surface area contributed by atoms with Crippen molar-refractivity contribution in [3.8, 4) is 0 Å². The first kappa shape index (κ1) is 22.4. The number of methoxy groups -OCH3 is 1. The molecule has 3 fully saturated rings. The monoisotopic (exact) mass is 443 g/mol. The van der Waals surface area contributed by atoms with Crippen molar-refractivity contribution in [1.29, 1.82) is 0 Å². The lowest BCUT2D eigenvalue weighted by molar-refractivity contribution is -0.132. The van der Waals surface area contributed by atoms with E-state index in [4.69, 9.17) is 4.74 Å². The summed E-state index contributed by atoms with van der Waals surface area (Å²) in [4.78, 5) is 43.6. The first-order valence-corrected chi connectivity index (χ1v) is 11.6. The van der Waals surface area contributed by atoms with E-state index in [2.05, 4.69) is 15.5 Å². The minimum atomic E-state index is -0.574. The van der Waals surface area contributed by atoms with Gasteiger partial charge in [0.2, 0.25) is 5.91 Å². The van der Waals surface area contributed by atoms with Gasteiger partial charge in [-0.1, -0.05) is 0 Å². The van der Waals surface area contributed by atoms with Gasteiger partial charge in [-0.05, 0) is 50.4 Å². The number of hydrogen-bond donors (Lipinski definition) is 2. The minimum absolute atomic E-state index is 0.0368. The largest absolute Gasteiger partial charge is 0.453 e. The van der Waals surface area contributed by atoms with Crippen molar-refractivity contribution in [2.24, 2.45) is 5.92 Å². The molecule has 1 aromatic carbocycles. The number of benzene rings is 1. The molecule has 4 rings (SSSR count). The maximum absolute atomic E-state index is 13.1. The quantitative estimate of drug-likeness (QED) is 0.736. The second-order valence-corrected chi connectivity index (χ2v) is 8.68. The van der Waals surface area contributed by atoms with E-state index in [0.29, 0.717) is 37.4 Å². The summed E-state index contributed by atoms with van der Waals surface area (Å²) < 4.78 is 4.81. The van der Waals surface area contributed by atoms with Gasteiger partial charge in [0.25, 0.3) is 5.91 Å². The van der Waals surface area contributed by atoms with E-state index in [0.717, 1.165) is 57.5 Å². The molecule has 0 radical (unpaired) electrons. The topological polar surface area (TPSA) is 94.2 Å². The van der Waals surface area contributed by atoms with Gasteiger partial charge in [-0.15, -0.1) is 0 Å². The number of carbonyl (C=O) groups excluding carboxylic acids is 3. The van der Waals surface area contributed by atoms with Crippen LogP contribution >= 0.6 is 0 Å². The Kier molecular flexibility index (Phi) is 7.14. The minimum Gasteiger partial charge on any atom is -0.453 e. The highest BCUT2D eigenvalue weighted by atomic mass is 16.5. The number of anilines is 2. The maximum atomic E-state index is 13.1. The normalized spacial score (nSPS) is 19.7. The summed E-state index contributed by atoms with van der Waals surface area (Å²) in [6.45, 7) is 5.93. The third-order valence-electron chi connectivity index (χ3n) is 6.37. The molecule has 32 heavy (non-hydrogen) atoms. The second kappa shape index (κ2) is 10.2. The third kappa shape index (κ3) is 5.32. The molecular formula is C23H33N5O4. The lowest BCUT2D eigenvalue weighted by atomic mass is 10.1. The van der Waals surface area contributed by atoms with Crippen molar-refractivity contribution in [3.05, 3.63) is 23.8 Å². The zero-order chi connectivity index (χ0) is 22.5. The number of hydrogen-bond acceptors (Lipinski definition) is 6. The first-order valence-electron chi connectivity index (χ1n) is 11.6. The number of amides is 3. The van der Waals surface area contributed by atoms with Crippen LogP contribution in [-0.2, 0) is 9.53 Å². The van der Waals surface area contributed by atoms with E-state index in [1.165, 1.54) is 7.11 Å². The molecule has 1 aliphatic carbocycles. The zero-order valence-electron chi connectivity index (χ0n) is 18.8. The molecule has 174 valence electrons. The third-order valence-corrected chi connectivity index (χ3v) is 6.37. The summed E-state index contributed by atoms with van der Waals surface area (Å²) in [6, 6.07) is 5.47. The molecule has 2 N–H and O–H groups in total. The SMILES string of the molecule is COC(=O)Nc1cc(C(=O)N2CCCNCC2)ccc1N1CCCN(C(=O)C2CC2)CC1. The predicted octanol–water partition coefficient (Wildman–Crippen LogP) is 1.75. The molecule has 0 atom stereocenters. The van der Waals surface area contributed by atoms with Gasteiger partial charge in [0.1, 0.15) is 0 Å². The number of carbonyl (C=O) groups is 3. The highest BCUT2D eigenvalue weighted by Gasteiger charge is 2.34. The molecule has 3 amide bonds. The van der Waals surface area contributed by atoms with Gasteiger partial charge in [-0.2, -0.15) is 0 Å². The van der Waals surface area contributed by atoms with Crippen LogP contribution in [0.25, 0.3) is 0 Å². The van der Waals surface area contributed by atoms with Crippen LogP contribution in [0, 0.1) is 5.92 Å². The van der Waals surface area contributed by atoms with Gasteiger partial charge in [0.05, 0.1) is 18.5 Å². The molecule has 0 bridgehead atoms. The van der Waals surface area contributed by atoms with Gasteiger partial charge in [-0.25, -0.2) is 4.79 Å². The lowest BCUT2D eigenvalue weighted by Crippen LogP contribution is -2.36. The highest BCUT2D eigenvalue weighted by Crippen LogP contribution is 2.32. The molecule has 3 aliphatic rings. The fraction of sp³-hybridized carbons (Fsp3) is 0.609. The molecule has 9 heteroatoms. The van der Waals surface area contributed by atoms with E-state index >= 15 is 0 Å². The van der Waals surface area contributed by atoms with E-state index in [1.807, 2.05) is 21.9 Å². The van der Waals surface area contributed by atoms with Crippen LogP contribution in [0.2, 0.25) is 0 Å². The molecular weight excluding hydrogens is 410 g/mol. The fourth-order valence-electron chi connectivity index (χ4n) is 4.40. The van der Waals surface area contributed by atoms with Crippen LogP contribution in [0.3, 0.4) is 0 Å². The lowest BCUT2D eigenvalue weighted by Gasteiger charge is -2.27. The Morgan fingerprint density at radius 1 is 0.969 bits per heavy atom. The number of nitrogens with one attached hydrogen (secondary N) is 2. The van der Waals surface area contributed by atoms with Crippen LogP contribution in [0.1, 0.15) is 36.0 Å². The highest BCUT2D eigenvalue weighted by molar-refractivity contribution is 5.98. The van der Waals surface area contributed by atoms with Crippen LogP contribution in [0.4, 0.5) is 16.2 Å². The van der Waals surface area contributed by atoms with E-state index < -0.39 is 6.09 Å². The van der Waals surface area contributed by atoms with Crippen molar-refractivity contribution in [2.45, 2.75) is 25.7 Å². The Bertz CT molecular complexity index is 849. The van der Waals surface area contributed by atoms with Crippen LogP contribution in [0.5, 0.6) is 0 Å². The Labute approximate surface area is 189 Å². The summed E-state index contributed by atoms with van der Waals surface area (Å²) in [6.07, 6.45) is 3.22. The van der Waals surface area contributed by atoms with Crippen molar-refractivity contribution in [1.82, 2.24) is 15.1 Å². The standard InChI is InChI=1S/C23H33N5O4/c1-32-23(31)25-19-16-18(22(30)27-10-2-8-24-9-13-27)6-7-20(19)26-11-3-12-28(15-14-26)21(29)17-4-5-17/h6-7,16-17,24H,2-5,8-15H2,1H3,(H,25,31). The van der Waals surface area contributed by atoms with E-state index in [9.17, 15) is 14.4 Å². The maximum Gasteiger partial charge on any atom is 0.411 e. The fourth-order valence-corrected chi connectivity index (χ4v) is 4.40. The van der Waals surface area contributed by atoms with Gasteiger partial charge in [0, 0.05) is 57.3 Å². The molecule has 0 aromatic heterocycles. The van der Waals surface area contributed by atoms with Gasteiger partial charge in [-0.3, -0.25) is 14.9 Å². The molecule has 0 spiro atoms. The molecule has 2 saturated heterocycles. The van der Waals surface area contributed by atoms with Crippen molar-refractivity contribution < 1.29 is 19.1 Å². The van der Waals surface area contributed by atoms with Gasteiger partial charge < -0.3 is 24.8 Å². The van der Waals surface area contributed by atoms with Crippen LogP contribution < -0.4 is 15.5 Å². The van der Waals surface area contributed by atoms with Crippen LogP contribution in [0.15, 0.2) is 18.2 Å². The smallest absolute Gasteiger partial charge is 0.411 e. The molecule has 0 unspecified atom stereocenters. The summed E-state index contributed by atoms with van der Waals surface area (Å²) >= 11 is 0. The summed E-state index contributed by atoms with van der Waals surface area (Å²) in [5, 5.41) is 6.09. The number of rotatable bonds is 4. The Morgan fingerprint density at radius 3 is 2.56 bits per heavy atom. The van der Waals surface area contributed by atoms with E-state index in [-0.39, 0.29) is 17.7 Å². The Morgan fingerprint density at radius 2 is 1.78 bits per heavy atom. The number of nitrogens with zero attached hydrogens (tertiary/aromatic N) is 3. The molecule has 1 saturated carbocycles. The van der Waals surface area contributed by atoms with Gasteiger partial charge >= 0.3 is 6.09 Å². The Hall–Kier alpha value is -2.81. The zero-order valence-corrected chi connectivity index (χ0v) is 18.8. The predicted molar refractivity (Wildman–Crippen MR) is 122 cm³/mol. The average molecular weight is 444 g/mol. The van der Waals surface area contributed by atoms with Gasteiger partial charge in [0.15, 0.2) is 0 Å². The molecule has 9 nitrogen and oxygen atoms in total. The Balaban J connectivity index is 1.53. The van der Waals surface area contributed by atoms with Crippen molar-refractivity contribution >= 4 is 29.3 Å². The first-order chi connectivity index (χ1) is 15.6. The molecule has 1 aromatic rings. The van der Waals surface area contributed by atoms with Crippen molar-refractivity contribution in [2.75, 3.05) is 69.7 Å². The summed E-state index contributed by atoms with van der Waals surface area (Å²) in [5.41, 5.74) is 1.94. The summed E-state index contributed by atoms with van der Waals surface area (Å²) in [5.74, 6) is 0.454. The van der Waals surface area contributed by atoms with E-state index in [1.54, 1.807) is 6.07 Å². The van der Waals surface area contributed by atoms with Crippen molar-refractivity contribution in [3.63, 3.8) is 0 Å². The summed E-state index contributed by atoms with van der Waals surface area (Å²) in [7, 11) is 1.32. The average Bonchev–Trinajstić information content (AvgIpc) is 3.66. The molecule has 2 aliphatic heterocycles. The molecule has 2 heterocycles. The number of ether oxygens (including phenoxy) is 1.